The second kappa shape index (κ2) is 4.48. The minimum Gasteiger partial charge on any atom is -0.311 e. The van der Waals surface area contributed by atoms with Crippen LogP contribution in [-0.2, 0) is 13.0 Å². The summed E-state index contributed by atoms with van der Waals surface area (Å²) in [5.74, 6) is -0.227. The predicted molar refractivity (Wildman–Crippen MR) is 70.6 cm³/mol. The Morgan fingerprint density at radius 2 is 2.29 bits per heavy atom. The van der Waals surface area contributed by atoms with Gasteiger partial charge in [0.05, 0.1) is 5.69 Å². The number of halogens is 2. The smallest absolute Gasteiger partial charge is 0.125 e. The molecule has 1 aliphatic heterocycles. The first-order valence-electron chi connectivity index (χ1n) is 5.39. The molecule has 0 amide bonds. The van der Waals surface area contributed by atoms with E-state index in [4.69, 9.17) is 0 Å². The molecule has 2 heterocycles. The molecule has 2 aromatic rings. The van der Waals surface area contributed by atoms with Crippen molar-refractivity contribution in [3.63, 3.8) is 0 Å². The van der Waals surface area contributed by atoms with Crippen LogP contribution in [0.3, 0.4) is 0 Å². The van der Waals surface area contributed by atoms with Gasteiger partial charge in [-0.3, -0.25) is 0 Å². The number of hydrogen-bond acceptors (Lipinski definition) is 3. The molecule has 3 rings (SSSR count). The van der Waals surface area contributed by atoms with E-state index in [0.717, 1.165) is 40.2 Å². The maximum atomic E-state index is 13.3. The lowest BCUT2D eigenvalue weighted by Crippen LogP contribution is -2.22. The molecule has 1 aromatic carbocycles. The molecule has 17 heavy (non-hydrogen) atoms. The van der Waals surface area contributed by atoms with Gasteiger partial charge in [0.25, 0.3) is 0 Å². The van der Waals surface area contributed by atoms with Crippen LogP contribution in [0.1, 0.15) is 10.6 Å². The summed E-state index contributed by atoms with van der Waals surface area (Å²) in [6.07, 6.45) is 0.957. The Bertz CT molecular complexity index is 544. The molecular formula is C12H10BrFN2S. The highest BCUT2D eigenvalue weighted by Crippen LogP contribution is 2.34. The molecule has 0 radical (unpaired) electrons. The fraction of sp³-hybridized carbons (Fsp3) is 0.250. The molecule has 1 N–H and O–H groups in total. The van der Waals surface area contributed by atoms with E-state index in [2.05, 4.69) is 26.2 Å². The third-order valence-corrected chi connectivity index (χ3v) is 4.58. The van der Waals surface area contributed by atoms with Gasteiger partial charge in [0.2, 0.25) is 0 Å². The first-order chi connectivity index (χ1) is 8.24. The highest BCUT2D eigenvalue weighted by molar-refractivity contribution is 9.10. The zero-order chi connectivity index (χ0) is 11.8. The number of nitrogens with zero attached hydrogens (tertiary/aromatic N) is 1. The summed E-state index contributed by atoms with van der Waals surface area (Å²) < 4.78 is 14.1. The minimum absolute atomic E-state index is 0.227. The second-order valence-electron chi connectivity index (χ2n) is 3.94. The minimum atomic E-state index is -0.227. The lowest BCUT2D eigenvalue weighted by molar-refractivity contribution is 0.628. The number of rotatable bonds is 1. The number of hydrogen-bond donors (Lipinski definition) is 1. The molecule has 0 aliphatic carbocycles. The number of fused-ring (bicyclic) bond motifs is 1. The highest BCUT2D eigenvalue weighted by Gasteiger charge is 2.17. The van der Waals surface area contributed by atoms with Gasteiger partial charge < -0.3 is 5.32 Å². The SMILES string of the molecule is Fc1ccc(Br)c(-c2nc3c(s2)CNCC3)c1. The van der Waals surface area contributed by atoms with Gasteiger partial charge in [0, 0.05) is 34.4 Å². The average Bonchev–Trinajstić information content (AvgIpc) is 2.75. The summed E-state index contributed by atoms with van der Waals surface area (Å²) in [5, 5.41) is 4.21. The Hall–Kier alpha value is -0.780. The molecule has 0 atom stereocenters. The van der Waals surface area contributed by atoms with Gasteiger partial charge in [-0.2, -0.15) is 0 Å². The molecular weight excluding hydrogens is 303 g/mol. The number of benzene rings is 1. The van der Waals surface area contributed by atoms with Crippen LogP contribution in [0.5, 0.6) is 0 Å². The van der Waals surface area contributed by atoms with Crippen molar-refractivity contribution in [2.24, 2.45) is 0 Å². The molecule has 0 unspecified atom stereocenters. The van der Waals surface area contributed by atoms with Crippen LogP contribution in [0.25, 0.3) is 10.6 Å². The Balaban J connectivity index is 2.08. The number of aromatic nitrogens is 1. The fourth-order valence-electron chi connectivity index (χ4n) is 1.90. The van der Waals surface area contributed by atoms with Gasteiger partial charge in [-0.1, -0.05) is 15.9 Å². The predicted octanol–water partition coefficient (Wildman–Crippen LogP) is 3.36. The van der Waals surface area contributed by atoms with Crippen LogP contribution in [-0.4, -0.2) is 11.5 Å². The van der Waals surface area contributed by atoms with E-state index >= 15 is 0 Å². The van der Waals surface area contributed by atoms with E-state index in [-0.39, 0.29) is 5.82 Å². The lowest BCUT2D eigenvalue weighted by Gasteiger charge is -2.09. The zero-order valence-electron chi connectivity index (χ0n) is 8.96. The van der Waals surface area contributed by atoms with E-state index in [1.165, 1.54) is 17.0 Å². The molecule has 1 aliphatic rings. The molecule has 0 bridgehead atoms. The summed E-state index contributed by atoms with van der Waals surface area (Å²) in [6.45, 7) is 1.85. The third kappa shape index (κ3) is 2.14. The van der Waals surface area contributed by atoms with Crippen molar-refractivity contribution in [1.29, 1.82) is 0 Å². The van der Waals surface area contributed by atoms with Gasteiger partial charge in [-0.15, -0.1) is 11.3 Å². The maximum absolute atomic E-state index is 13.3. The van der Waals surface area contributed by atoms with Crippen molar-refractivity contribution in [3.05, 3.63) is 39.1 Å². The molecule has 0 saturated heterocycles. The van der Waals surface area contributed by atoms with Crippen molar-refractivity contribution < 1.29 is 4.39 Å². The second-order valence-corrected chi connectivity index (χ2v) is 5.88. The fourth-order valence-corrected chi connectivity index (χ4v) is 3.58. The largest absolute Gasteiger partial charge is 0.311 e. The summed E-state index contributed by atoms with van der Waals surface area (Å²) >= 11 is 5.09. The van der Waals surface area contributed by atoms with Crippen molar-refractivity contribution in [2.75, 3.05) is 6.54 Å². The summed E-state index contributed by atoms with van der Waals surface area (Å²) in [5.41, 5.74) is 1.99. The first kappa shape index (κ1) is 11.3. The molecule has 1 aromatic heterocycles. The van der Waals surface area contributed by atoms with E-state index in [0.29, 0.717) is 0 Å². The highest BCUT2D eigenvalue weighted by atomic mass is 79.9. The standard InChI is InChI=1S/C12H10BrFN2S/c13-9-2-1-7(14)5-8(9)12-16-10-3-4-15-6-11(10)17-12/h1-2,5,15H,3-4,6H2. The molecule has 2 nitrogen and oxygen atoms in total. The van der Waals surface area contributed by atoms with E-state index in [1.807, 2.05) is 0 Å². The molecule has 5 heteroatoms. The molecule has 0 saturated carbocycles. The van der Waals surface area contributed by atoms with Crippen LogP contribution in [0, 0.1) is 5.82 Å². The van der Waals surface area contributed by atoms with Crippen LogP contribution < -0.4 is 5.32 Å². The van der Waals surface area contributed by atoms with Gasteiger partial charge in [-0.25, -0.2) is 9.37 Å². The maximum Gasteiger partial charge on any atom is 0.125 e. The normalized spacial score (nSPS) is 14.7. The Labute approximate surface area is 111 Å². The van der Waals surface area contributed by atoms with Crippen LogP contribution in [0.15, 0.2) is 22.7 Å². The Morgan fingerprint density at radius 3 is 3.12 bits per heavy atom. The lowest BCUT2D eigenvalue weighted by atomic mass is 10.2. The monoisotopic (exact) mass is 312 g/mol. The quantitative estimate of drug-likeness (QED) is 0.873. The van der Waals surface area contributed by atoms with Crippen LogP contribution in [0.2, 0.25) is 0 Å². The third-order valence-electron chi connectivity index (χ3n) is 2.76. The molecule has 88 valence electrons. The van der Waals surface area contributed by atoms with Gasteiger partial charge >= 0.3 is 0 Å². The van der Waals surface area contributed by atoms with E-state index < -0.39 is 0 Å². The molecule has 0 spiro atoms. The van der Waals surface area contributed by atoms with E-state index in [9.17, 15) is 4.39 Å². The zero-order valence-corrected chi connectivity index (χ0v) is 11.4. The summed E-state index contributed by atoms with van der Waals surface area (Å²) in [6, 6.07) is 4.70. The number of thiazole rings is 1. The van der Waals surface area contributed by atoms with Gasteiger partial charge in [0.15, 0.2) is 0 Å². The molecule has 0 fully saturated rings. The first-order valence-corrected chi connectivity index (χ1v) is 7.00. The Morgan fingerprint density at radius 1 is 1.41 bits per heavy atom. The van der Waals surface area contributed by atoms with Crippen molar-refractivity contribution in [1.82, 2.24) is 10.3 Å². The van der Waals surface area contributed by atoms with Gasteiger partial charge in [-0.05, 0) is 18.2 Å². The van der Waals surface area contributed by atoms with Crippen molar-refractivity contribution >= 4 is 27.3 Å². The summed E-state index contributed by atoms with van der Waals surface area (Å²) in [4.78, 5) is 5.87. The Kier molecular flexibility index (Phi) is 2.98. The van der Waals surface area contributed by atoms with Crippen LogP contribution in [0.4, 0.5) is 4.39 Å². The van der Waals surface area contributed by atoms with Crippen LogP contribution >= 0.6 is 27.3 Å². The number of nitrogens with one attached hydrogen (secondary N) is 1. The topological polar surface area (TPSA) is 24.9 Å². The van der Waals surface area contributed by atoms with Crippen molar-refractivity contribution in [3.8, 4) is 10.6 Å². The van der Waals surface area contributed by atoms with E-state index in [1.54, 1.807) is 17.4 Å². The average molecular weight is 313 g/mol. The van der Waals surface area contributed by atoms with Crippen molar-refractivity contribution in [2.45, 2.75) is 13.0 Å². The summed E-state index contributed by atoms with van der Waals surface area (Å²) in [7, 11) is 0. The van der Waals surface area contributed by atoms with Gasteiger partial charge in [0.1, 0.15) is 10.8 Å².